The van der Waals surface area contributed by atoms with E-state index in [1.807, 2.05) is 13.0 Å². The van der Waals surface area contributed by atoms with Gasteiger partial charge in [-0.15, -0.1) is 0 Å². The molecule has 0 fully saturated rings. The second-order valence-electron chi connectivity index (χ2n) is 5.64. The Morgan fingerprint density at radius 3 is 2.28 bits per heavy atom. The lowest BCUT2D eigenvalue weighted by atomic mass is 10.1. The van der Waals surface area contributed by atoms with Gasteiger partial charge in [0.1, 0.15) is 0 Å². The number of ether oxygens (including phenoxy) is 2. The first-order valence-electron chi connectivity index (χ1n) is 7.97. The third kappa shape index (κ3) is 3.24. The molecule has 3 rings (SSSR count). The quantitative estimate of drug-likeness (QED) is 0.538. The van der Waals surface area contributed by atoms with Crippen LogP contribution in [-0.2, 0) is 0 Å². The van der Waals surface area contributed by atoms with Crippen LogP contribution < -0.4 is 9.47 Å². The smallest absolute Gasteiger partial charge is 0.197 e. The van der Waals surface area contributed by atoms with Gasteiger partial charge in [0.25, 0.3) is 0 Å². The molecule has 1 aliphatic carbocycles. The van der Waals surface area contributed by atoms with Crippen LogP contribution in [-0.4, -0.2) is 25.3 Å². The first-order valence-corrected chi connectivity index (χ1v) is 8.76. The third-order valence-corrected chi connectivity index (χ3v) is 4.51. The molecule has 0 unspecified atom stereocenters. The van der Waals surface area contributed by atoms with Gasteiger partial charge in [-0.25, -0.2) is 0 Å². The monoisotopic (exact) mass is 400 g/mol. The topological polar surface area (TPSA) is 52.6 Å². The van der Waals surface area contributed by atoms with Crippen LogP contribution >= 0.6 is 15.9 Å². The van der Waals surface area contributed by atoms with Crippen molar-refractivity contribution in [2.24, 2.45) is 0 Å². The second kappa shape index (κ2) is 7.23. The maximum atomic E-state index is 12.5. The fraction of sp³-hybridized carbons (Fsp3) is 0.200. The summed E-state index contributed by atoms with van der Waals surface area (Å²) in [7, 11) is 1.55. The molecule has 128 valence electrons. The van der Waals surface area contributed by atoms with E-state index in [1.54, 1.807) is 43.5 Å². The van der Waals surface area contributed by atoms with Crippen molar-refractivity contribution < 1.29 is 19.1 Å². The Morgan fingerprint density at radius 1 is 1.08 bits per heavy atom. The molecule has 0 radical (unpaired) electrons. The van der Waals surface area contributed by atoms with Crippen LogP contribution in [0, 0.1) is 0 Å². The van der Waals surface area contributed by atoms with E-state index >= 15 is 0 Å². The summed E-state index contributed by atoms with van der Waals surface area (Å²) in [6, 6.07) is 10.4. The number of allylic oxidation sites excluding steroid dienone is 1. The Labute approximate surface area is 154 Å². The van der Waals surface area contributed by atoms with Crippen LogP contribution in [0.2, 0.25) is 0 Å². The molecule has 0 heterocycles. The molecule has 2 aromatic rings. The van der Waals surface area contributed by atoms with Crippen molar-refractivity contribution in [3.63, 3.8) is 0 Å². The maximum absolute atomic E-state index is 12.5. The van der Waals surface area contributed by atoms with Crippen molar-refractivity contribution in [2.45, 2.75) is 13.3 Å². The number of carbonyl (C=O) groups is 2. The van der Waals surface area contributed by atoms with Crippen LogP contribution in [0.3, 0.4) is 0 Å². The van der Waals surface area contributed by atoms with E-state index < -0.39 is 0 Å². The zero-order chi connectivity index (χ0) is 18.0. The second-order valence-corrected chi connectivity index (χ2v) is 6.50. The highest BCUT2D eigenvalue weighted by Gasteiger charge is 2.32. The molecular formula is C20H17BrO4. The number of ketones is 2. The first kappa shape index (κ1) is 17.4. The average molecular weight is 401 g/mol. The van der Waals surface area contributed by atoms with Gasteiger partial charge in [0.05, 0.1) is 23.8 Å². The molecule has 0 aliphatic heterocycles. The summed E-state index contributed by atoms with van der Waals surface area (Å²) in [6.45, 7) is 2.59. The minimum absolute atomic E-state index is 0.164. The Kier molecular flexibility index (Phi) is 5.04. The Hall–Kier alpha value is -2.40. The van der Waals surface area contributed by atoms with Crippen LogP contribution in [0.5, 0.6) is 11.5 Å². The Bertz CT molecular complexity index is 846. The number of halogens is 1. The molecule has 0 aromatic heterocycles. The van der Waals surface area contributed by atoms with Crippen molar-refractivity contribution in [1.82, 2.24) is 0 Å². The van der Waals surface area contributed by atoms with Gasteiger partial charge in [0.2, 0.25) is 0 Å². The lowest BCUT2D eigenvalue weighted by Gasteiger charge is -2.13. The van der Waals surface area contributed by atoms with Gasteiger partial charge in [-0.2, -0.15) is 0 Å². The molecule has 0 saturated carbocycles. The summed E-state index contributed by atoms with van der Waals surface area (Å²) in [5, 5.41) is 0. The lowest BCUT2D eigenvalue weighted by Crippen LogP contribution is -2.01. The summed E-state index contributed by atoms with van der Waals surface area (Å²) in [4.78, 5) is 25.0. The largest absolute Gasteiger partial charge is 0.493 e. The minimum atomic E-state index is -0.248. The molecule has 4 nitrogen and oxygen atoms in total. The molecule has 0 atom stereocenters. The molecule has 0 spiro atoms. The van der Waals surface area contributed by atoms with Gasteiger partial charge in [-0.3, -0.25) is 9.59 Å². The summed E-state index contributed by atoms with van der Waals surface area (Å²) < 4.78 is 11.8. The lowest BCUT2D eigenvalue weighted by molar-refractivity contribution is 0.0990. The molecular weight excluding hydrogens is 384 g/mol. The van der Waals surface area contributed by atoms with E-state index in [-0.39, 0.29) is 17.1 Å². The highest BCUT2D eigenvalue weighted by atomic mass is 79.9. The number of benzene rings is 2. The van der Waals surface area contributed by atoms with Gasteiger partial charge in [0, 0.05) is 11.1 Å². The van der Waals surface area contributed by atoms with Gasteiger partial charge in [-0.1, -0.05) is 31.2 Å². The van der Waals surface area contributed by atoms with Crippen LogP contribution in [0.1, 0.15) is 39.6 Å². The predicted octanol–water partition coefficient (Wildman–Crippen LogP) is 4.71. The highest BCUT2D eigenvalue weighted by molar-refractivity contribution is 9.10. The molecule has 0 amide bonds. The van der Waals surface area contributed by atoms with E-state index in [4.69, 9.17) is 9.47 Å². The van der Waals surface area contributed by atoms with E-state index in [0.717, 1.165) is 6.42 Å². The molecule has 0 bridgehead atoms. The zero-order valence-electron chi connectivity index (χ0n) is 14.0. The number of rotatable bonds is 5. The summed E-state index contributed by atoms with van der Waals surface area (Å²) in [5.41, 5.74) is 1.76. The van der Waals surface area contributed by atoms with Crippen molar-refractivity contribution in [3.8, 4) is 11.5 Å². The maximum Gasteiger partial charge on any atom is 0.197 e. The Balaban J connectivity index is 2.01. The van der Waals surface area contributed by atoms with Crippen molar-refractivity contribution in [2.75, 3.05) is 13.7 Å². The van der Waals surface area contributed by atoms with Gasteiger partial charge >= 0.3 is 0 Å². The van der Waals surface area contributed by atoms with Gasteiger partial charge in [0.15, 0.2) is 23.1 Å². The predicted molar refractivity (Wildman–Crippen MR) is 99.6 cm³/mol. The minimum Gasteiger partial charge on any atom is -0.493 e. The average Bonchev–Trinajstić information content (AvgIpc) is 2.86. The number of Topliss-reactive ketones (excluding diaryl/α,β-unsaturated/α-hetero) is 2. The highest BCUT2D eigenvalue weighted by Crippen LogP contribution is 2.38. The number of methoxy groups -OCH3 is 1. The van der Waals surface area contributed by atoms with E-state index in [2.05, 4.69) is 15.9 Å². The first-order chi connectivity index (χ1) is 12.1. The molecule has 0 N–H and O–H groups in total. The normalized spacial score (nSPS) is 13.0. The summed E-state index contributed by atoms with van der Waals surface area (Å²) >= 11 is 3.47. The fourth-order valence-electron chi connectivity index (χ4n) is 2.74. The van der Waals surface area contributed by atoms with Crippen LogP contribution in [0.25, 0.3) is 6.08 Å². The fourth-order valence-corrected chi connectivity index (χ4v) is 3.31. The summed E-state index contributed by atoms with van der Waals surface area (Å²) in [5.74, 6) is 0.660. The summed E-state index contributed by atoms with van der Waals surface area (Å²) in [6.07, 6.45) is 2.48. The number of carbonyl (C=O) groups excluding carboxylic acids is 2. The number of hydrogen-bond donors (Lipinski definition) is 0. The standard InChI is InChI=1S/C20H17BrO4/c1-3-8-25-20-16(21)10-12(11-17(20)24-2)9-15-18(22)13-6-4-5-7-14(13)19(15)23/h4-7,9-11H,3,8H2,1-2H3. The molecule has 1 aliphatic rings. The van der Waals surface area contributed by atoms with Crippen molar-refractivity contribution in [3.05, 3.63) is 63.1 Å². The molecule has 25 heavy (non-hydrogen) atoms. The van der Waals surface area contributed by atoms with Crippen LogP contribution in [0.15, 0.2) is 46.4 Å². The molecule has 5 heteroatoms. The van der Waals surface area contributed by atoms with Crippen LogP contribution in [0.4, 0.5) is 0 Å². The van der Waals surface area contributed by atoms with Gasteiger partial charge in [-0.05, 0) is 46.1 Å². The third-order valence-electron chi connectivity index (χ3n) is 3.92. The SMILES string of the molecule is CCCOc1c(Br)cc(C=C2C(=O)c3ccccc3C2=O)cc1OC. The van der Waals surface area contributed by atoms with E-state index in [9.17, 15) is 9.59 Å². The van der Waals surface area contributed by atoms with E-state index in [0.29, 0.717) is 39.3 Å². The molecule has 2 aromatic carbocycles. The number of hydrogen-bond acceptors (Lipinski definition) is 4. The Morgan fingerprint density at radius 2 is 1.72 bits per heavy atom. The van der Waals surface area contributed by atoms with Crippen molar-refractivity contribution in [1.29, 1.82) is 0 Å². The van der Waals surface area contributed by atoms with Crippen molar-refractivity contribution >= 4 is 33.6 Å². The van der Waals surface area contributed by atoms with Gasteiger partial charge < -0.3 is 9.47 Å². The number of fused-ring (bicyclic) bond motifs is 1. The van der Waals surface area contributed by atoms with E-state index in [1.165, 1.54) is 0 Å². The molecule has 0 saturated heterocycles. The zero-order valence-corrected chi connectivity index (χ0v) is 15.6.